The molecule has 0 saturated carbocycles. The summed E-state index contributed by atoms with van der Waals surface area (Å²) in [5.41, 5.74) is 0.364. The topological polar surface area (TPSA) is 64.6 Å². The van der Waals surface area contributed by atoms with Crippen LogP contribution in [0.15, 0.2) is 29.2 Å². The smallest absolute Gasteiger partial charge is 0.264 e. The molecule has 0 atom stereocenters. The van der Waals surface area contributed by atoms with Crippen LogP contribution in [-0.4, -0.2) is 21.6 Å². The molecule has 1 aromatic carbocycles. The van der Waals surface area contributed by atoms with Crippen molar-refractivity contribution in [2.45, 2.75) is 11.3 Å². The van der Waals surface area contributed by atoms with Gasteiger partial charge in [-0.05, 0) is 18.2 Å². The number of anilines is 1. The van der Waals surface area contributed by atoms with Crippen LogP contribution in [0.2, 0.25) is 8.67 Å². The Balaban J connectivity index is 1.89. The number of benzene rings is 1. The molecule has 2 heterocycles. The summed E-state index contributed by atoms with van der Waals surface area (Å²) in [5.74, 6) is 1.10. The number of halogens is 2. The highest BCUT2D eigenvalue weighted by Crippen LogP contribution is 2.36. The van der Waals surface area contributed by atoms with Crippen molar-refractivity contribution in [1.82, 2.24) is 0 Å². The van der Waals surface area contributed by atoms with Gasteiger partial charge in [-0.1, -0.05) is 23.2 Å². The molecular weight excluding hydrogens is 369 g/mol. The van der Waals surface area contributed by atoms with E-state index in [0.717, 1.165) is 17.8 Å². The van der Waals surface area contributed by atoms with Crippen LogP contribution < -0.4 is 14.2 Å². The van der Waals surface area contributed by atoms with Gasteiger partial charge in [-0.15, -0.1) is 11.3 Å². The van der Waals surface area contributed by atoms with E-state index in [-0.39, 0.29) is 9.23 Å². The van der Waals surface area contributed by atoms with Gasteiger partial charge in [-0.25, -0.2) is 8.42 Å². The molecule has 5 nitrogen and oxygen atoms in total. The predicted octanol–water partition coefficient (Wildman–Crippen LogP) is 4.02. The van der Waals surface area contributed by atoms with Crippen molar-refractivity contribution in [1.29, 1.82) is 0 Å². The lowest BCUT2D eigenvalue weighted by Gasteiger charge is -2.11. The summed E-state index contributed by atoms with van der Waals surface area (Å²) in [5, 5.41) is 0. The van der Waals surface area contributed by atoms with E-state index in [1.54, 1.807) is 18.2 Å². The molecule has 2 aromatic rings. The van der Waals surface area contributed by atoms with Gasteiger partial charge >= 0.3 is 0 Å². The monoisotopic (exact) mass is 379 g/mol. The van der Waals surface area contributed by atoms with Gasteiger partial charge in [0.05, 0.1) is 23.2 Å². The first-order valence-electron chi connectivity index (χ1n) is 6.33. The summed E-state index contributed by atoms with van der Waals surface area (Å²) < 4.78 is 38.6. The van der Waals surface area contributed by atoms with Crippen LogP contribution in [0.1, 0.15) is 6.42 Å². The summed E-state index contributed by atoms with van der Waals surface area (Å²) in [6, 6.07) is 6.17. The third-order valence-corrected chi connectivity index (χ3v) is 6.05. The maximum absolute atomic E-state index is 12.4. The van der Waals surface area contributed by atoms with E-state index in [0.29, 0.717) is 34.7 Å². The first kappa shape index (κ1) is 15.7. The van der Waals surface area contributed by atoms with Crippen LogP contribution in [0, 0.1) is 0 Å². The van der Waals surface area contributed by atoms with Crippen molar-refractivity contribution >= 4 is 50.2 Å². The highest BCUT2D eigenvalue weighted by atomic mass is 35.5. The highest BCUT2D eigenvalue weighted by molar-refractivity contribution is 7.93. The number of rotatable bonds is 3. The Hall–Kier alpha value is -1.15. The third kappa shape index (κ3) is 3.27. The van der Waals surface area contributed by atoms with Crippen molar-refractivity contribution in [3.8, 4) is 11.5 Å². The van der Waals surface area contributed by atoms with Crippen LogP contribution in [0.5, 0.6) is 11.5 Å². The summed E-state index contributed by atoms with van der Waals surface area (Å²) in [4.78, 5) is -0.0451. The molecule has 0 spiro atoms. The lowest BCUT2D eigenvalue weighted by atomic mass is 10.3. The Morgan fingerprint density at radius 1 is 1.09 bits per heavy atom. The maximum Gasteiger partial charge on any atom is 0.264 e. The maximum atomic E-state index is 12.4. The second-order valence-corrected chi connectivity index (χ2v) is 8.44. The number of thiophene rings is 1. The molecule has 1 aliphatic rings. The normalized spacial score (nSPS) is 14.5. The van der Waals surface area contributed by atoms with E-state index in [1.165, 1.54) is 6.07 Å². The fourth-order valence-corrected chi connectivity index (χ4v) is 5.15. The van der Waals surface area contributed by atoms with Gasteiger partial charge in [0.25, 0.3) is 10.0 Å². The Morgan fingerprint density at radius 2 is 1.82 bits per heavy atom. The van der Waals surface area contributed by atoms with Gasteiger partial charge in [0.2, 0.25) is 0 Å². The van der Waals surface area contributed by atoms with Crippen LogP contribution in [0.25, 0.3) is 0 Å². The van der Waals surface area contributed by atoms with E-state index < -0.39 is 10.0 Å². The average molecular weight is 380 g/mol. The summed E-state index contributed by atoms with van der Waals surface area (Å²) in [7, 11) is -3.81. The summed E-state index contributed by atoms with van der Waals surface area (Å²) in [6.45, 7) is 1.09. The fourth-order valence-electron chi connectivity index (χ4n) is 1.95. The van der Waals surface area contributed by atoms with Crippen molar-refractivity contribution in [3.63, 3.8) is 0 Å². The van der Waals surface area contributed by atoms with Crippen LogP contribution in [-0.2, 0) is 10.0 Å². The van der Waals surface area contributed by atoms with Crippen molar-refractivity contribution in [2.75, 3.05) is 17.9 Å². The van der Waals surface area contributed by atoms with Crippen molar-refractivity contribution < 1.29 is 17.9 Å². The quantitative estimate of drug-likeness (QED) is 0.874. The Labute approximate surface area is 141 Å². The van der Waals surface area contributed by atoms with E-state index in [1.807, 2.05) is 0 Å². The summed E-state index contributed by atoms with van der Waals surface area (Å²) >= 11 is 12.7. The number of ether oxygens (including phenoxy) is 2. The highest BCUT2D eigenvalue weighted by Gasteiger charge is 2.22. The molecular formula is C13H11Cl2NO4S2. The molecule has 0 unspecified atom stereocenters. The van der Waals surface area contributed by atoms with Gasteiger partial charge in [0.15, 0.2) is 11.5 Å². The number of nitrogens with one attached hydrogen (secondary N) is 1. The van der Waals surface area contributed by atoms with Gasteiger partial charge < -0.3 is 9.47 Å². The standard InChI is InChI=1S/C13H11Cl2NO4S2/c14-12-7-11(13(15)21-12)22(17,18)16-8-2-3-9-10(6-8)20-5-1-4-19-9/h2-3,6-7,16H,1,4-5H2. The summed E-state index contributed by atoms with van der Waals surface area (Å²) in [6.07, 6.45) is 0.777. The molecule has 1 N–H and O–H groups in total. The van der Waals surface area contributed by atoms with Gasteiger partial charge in [0.1, 0.15) is 9.23 Å². The van der Waals surface area contributed by atoms with E-state index >= 15 is 0 Å². The largest absolute Gasteiger partial charge is 0.490 e. The molecule has 1 aromatic heterocycles. The first-order chi connectivity index (χ1) is 10.5. The second-order valence-electron chi connectivity index (χ2n) is 4.51. The minimum absolute atomic E-state index is 0.0451. The second kappa shape index (κ2) is 6.16. The Bertz CT molecular complexity index is 804. The zero-order valence-corrected chi connectivity index (χ0v) is 14.3. The van der Waals surface area contributed by atoms with E-state index in [2.05, 4.69) is 4.72 Å². The van der Waals surface area contributed by atoms with Crippen LogP contribution >= 0.6 is 34.5 Å². The fraction of sp³-hybridized carbons (Fsp3) is 0.231. The molecule has 118 valence electrons. The van der Waals surface area contributed by atoms with E-state index in [9.17, 15) is 8.42 Å². The molecule has 3 rings (SSSR count). The van der Waals surface area contributed by atoms with Crippen LogP contribution in [0.3, 0.4) is 0 Å². The van der Waals surface area contributed by atoms with Gasteiger partial charge in [0, 0.05) is 12.5 Å². The Morgan fingerprint density at radius 3 is 2.50 bits per heavy atom. The molecule has 0 amide bonds. The molecule has 22 heavy (non-hydrogen) atoms. The number of fused-ring (bicyclic) bond motifs is 1. The third-order valence-electron chi connectivity index (χ3n) is 2.91. The van der Waals surface area contributed by atoms with E-state index in [4.69, 9.17) is 32.7 Å². The predicted molar refractivity (Wildman–Crippen MR) is 87.2 cm³/mol. The molecule has 0 aliphatic carbocycles. The average Bonchev–Trinajstić information content (AvgIpc) is 2.67. The van der Waals surface area contributed by atoms with Crippen molar-refractivity contribution in [2.24, 2.45) is 0 Å². The molecule has 0 radical (unpaired) electrons. The lowest BCUT2D eigenvalue weighted by molar-refractivity contribution is 0.297. The van der Waals surface area contributed by atoms with Gasteiger partial charge in [-0.2, -0.15) is 0 Å². The minimum Gasteiger partial charge on any atom is -0.490 e. The molecule has 0 fully saturated rings. The zero-order chi connectivity index (χ0) is 15.7. The molecule has 1 aliphatic heterocycles. The number of sulfonamides is 1. The lowest BCUT2D eigenvalue weighted by Crippen LogP contribution is -2.12. The van der Waals surface area contributed by atoms with Crippen molar-refractivity contribution in [3.05, 3.63) is 32.9 Å². The van der Waals surface area contributed by atoms with Gasteiger partial charge in [-0.3, -0.25) is 4.72 Å². The number of hydrogen-bond acceptors (Lipinski definition) is 5. The Kier molecular flexibility index (Phi) is 4.40. The SMILES string of the molecule is O=S(=O)(Nc1ccc2c(c1)OCCCO2)c1cc(Cl)sc1Cl. The first-order valence-corrected chi connectivity index (χ1v) is 9.38. The zero-order valence-electron chi connectivity index (χ0n) is 11.1. The van der Waals surface area contributed by atoms with Crippen LogP contribution in [0.4, 0.5) is 5.69 Å². The molecule has 0 bridgehead atoms. The number of hydrogen-bond donors (Lipinski definition) is 1. The molecule has 0 saturated heterocycles. The molecule has 9 heteroatoms. The minimum atomic E-state index is -3.81.